The minimum Gasteiger partial charge on any atom is -0.395 e. The first kappa shape index (κ1) is 28.9. The number of fused-ring (bicyclic) bond motifs is 2. The van der Waals surface area contributed by atoms with E-state index in [-0.39, 0.29) is 29.6 Å². The molecule has 1 aliphatic rings. The summed E-state index contributed by atoms with van der Waals surface area (Å²) < 4.78 is 4.84. The zero-order valence-corrected chi connectivity index (χ0v) is 24.9. The van der Waals surface area contributed by atoms with Gasteiger partial charge in [0.1, 0.15) is 11.4 Å². The Morgan fingerprint density at radius 2 is 1.96 bits per heavy atom. The van der Waals surface area contributed by atoms with E-state index in [1.807, 2.05) is 41.2 Å². The van der Waals surface area contributed by atoms with Gasteiger partial charge in [-0.25, -0.2) is 14.5 Å². The summed E-state index contributed by atoms with van der Waals surface area (Å²) in [6, 6.07) is 15.7. The van der Waals surface area contributed by atoms with Crippen LogP contribution in [0, 0.1) is 11.8 Å². The molecule has 0 aliphatic carbocycles. The van der Waals surface area contributed by atoms with E-state index < -0.39 is 11.9 Å². The number of anilines is 1. The molecule has 1 fully saturated rings. The highest BCUT2D eigenvalue weighted by Crippen LogP contribution is 2.23. The lowest BCUT2D eigenvalue weighted by atomic mass is 10.1. The van der Waals surface area contributed by atoms with E-state index in [4.69, 9.17) is 15.8 Å². The van der Waals surface area contributed by atoms with E-state index >= 15 is 0 Å². The molecule has 0 radical (unpaired) electrons. The molecule has 1 amide bonds. The third kappa shape index (κ3) is 5.25. The maximum Gasteiger partial charge on any atom is 0.267 e. The van der Waals surface area contributed by atoms with Crippen molar-refractivity contribution in [3.8, 4) is 17.5 Å². The van der Waals surface area contributed by atoms with Crippen molar-refractivity contribution in [1.29, 1.82) is 0 Å². The number of likely N-dealkylation sites (tertiary alicyclic amines) is 1. The molecule has 46 heavy (non-hydrogen) atoms. The molecule has 1 saturated heterocycles. The molecule has 0 unspecified atom stereocenters. The van der Waals surface area contributed by atoms with Gasteiger partial charge in [-0.3, -0.25) is 23.7 Å². The van der Waals surface area contributed by atoms with Crippen LogP contribution in [0.4, 0.5) is 5.82 Å². The lowest BCUT2D eigenvalue weighted by molar-refractivity contribution is 0.0774. The summed E-state index contributed by atoms with van der Waals surface area (Å²) >= 11 is 0. The Morgan fingerprint density at radius 1 is 1.13 bits per heavy atom. The van der Waals surface area contributed by atoms with Crippen molar-refractivity contribution in [1.82, 2.24) is 44.1 Å². The highest BCUT2D eigenvalue weighted by Gasteiger charge is 2.28. The van der Waals surface area contributed by atoms with Crippen molar-refractivity contribution in [2.24, 2.45) is 0 Å². The molecule has 5 heterocycles. The molecule has 7 rings (SSSR count). The number of nitrogens with two attached hydrogens (primary N) is 1. The molecule has 13 nitrogen and oxygen atoms in total. The van der Waals surface area contributed by atoms with E-state index in [0.717, 1.165) is 18.7 Å². The zero-order valence-electron chi connectivity index (χ0n) is 24.9. The Morgan fingerprint density at radius 3 is 2.76 bits per heavy atom. The first-order valence-corrected chi connectivity index (χ1v) is 14.8. The fourth-order valence-corrected chi connectivity index (χ4v) is 5.70. The van der Waals surface area contributed by atoms with Gasteiger partial charge >= 0.3 is 0 Å². The fraction of sp³-hybridized carbons (Fsp3) is 0.212. The molecule has 0 spiro atoms. The second kappa shape index (κ2) is 11.9. The van der Waals surface area contributed by atoms with E-state index in [0.29, 0.717) is 40.2 Å². The number of para-hydroxylation sites is 1. The summed E-state index contributed by atoms with van der Waals surface area (Å²) in [5.41, 5.74) is 8.53. The van der Waals surface area contributed by atoms with Gasteiger partial charge in [-0.05, 0) is 37.3 Å². The molecular formula is C33H30N10O3. The van der Waals surface area contributed by atoms with Gasteiger partial charge in [0.15, 0.2) is 11.5 Å². The number of carbonyl (C=O) groups is 1. The molecule has 230 valence electrons. The molecule has 1 atom stereocenters. The molecule has 1 aliphatic heterocycles. The molecule has 0 saturated carbocycles. The summed E-state index contributed by atoms with van der Waals surface area (Å²) in [5, 5.41) is 21.1. The number of hydrogen-bond donors (Lipinski definition) is 3. The largest absolute Gasteiger partial charge is 0.395 e. The van der Waals surface area contributed by atoms with Gasteiger partial charge in [0.05, 0.1) is 47.0 Å². The molecule has 2 aromatic carbocycles. The summed E-state index contributed by atoms with van der Waals surface area (Å²) in [7, 11) is 0. The lowest BCUT2D eigenvalue weighted by Crippen LogP contribution is -2.48. The summed E-state index contributed by atoms with van der Waals surface area (Å²) in [5.74, 6) is 6.20. The average Bonchev–Trinajstić information content (AvgIpc) is 3.65. The number of aliphatic hydroxyl groups is 1. The van der Waals surface area contributed by atoms with Crippen LogP contribution in [0.5, 0.6) is 0 Å². The highest BCUT2D eigenvalue weighted by molar-refractivity contribution is 6.04. The van der Waals surface area contributed by atoms with E-state index in [2.05, 4.69) is 37.2 Å². The summed E-state index contributed by atoms with van der Waals surface area (Å²) in [4.78, 5) is 39.1. The number of nitrogen functional groups attached to an aromatic ring is 1. The van der Waals surface area contributed by atoms with Gasteiger partial charge < -0.3 is 16.2 Å². The molecule has 4 N–H and O–H groups in total. The topological polar surface area (TPSA) is 161 Å². The summed E-state index contributed by atoms with van der Waals surface area (Å²) in [6.45, 7) is 4.20. The van der Waals surface area contributed by atoms with Gasteiger partial charge in [0.25, 0.3) is 11.5 Å². The Balaban J connectivity index is 1.25. The molecule has 13 heteroatoms. The maximum atomic E-state index is 14.3. The Hall–Kier alpha value is -5.84. The van der Waals surface area contributed by atoms with Gasteiger partial charge in [-0.15, -0.1) is 5.10 Å². The first-order chi connectivity index (χ1) is 22.4. The third-order valence-electron chi connectivity index (χ3n) is 7.99. The van der Waals surface area contributed by atoms with E-state index in [1.165, 1.54) is 9.08 Å². The Bertz CT molecular complexity index is 2200. The highest BCUT2D eigenvalue weighted by atomic mass is 16.3. The van der Waals surface area contributed by atoms with Gasteiger partial charge in [-0.1, -0.05) is 36.1 Å². The number of aromatic nitrogens is 7. The SMILES string of the molecule is C[C@@H](NC(=O)c1c(N)nn2cccnc12)c1nc2cccc(C#Cc3cnn(C4CN(CCO)C4)c3)c2c(=O)n1-c1ccccc1. The van der Waals surface area contributed by atoms with Crippen molar-refractivity contribution in [3.63, 3.8) is 0 Å². The van der Waals surface area contributed by atoms with Crippen LogP contribution in [-0.2, 0) is 0 Å². The second-order valence-electron chi connectivity index (χ2n) is 11.1. The van der Waals surface area contributed by atoms with Crippen LogP contribution in [0.25, 0.3) is 22.2 Å². The van der Waals surface area contributed by atoms with Crippen LogP contribution in [0.3, 0.4) is 0 Å². The second-order valence-corrected chi connectivity index (χ2v) is 11.1. The monoisotopic (exact) mass is 614 g/mol. The minimum atomic E-state index is -0.705. The van der Waals surface area contributed by atoms with Crippen LogP contribution < -0.4 is 16.6 Å². The number of amides is 1. The van der Waals surface area contributed by atoms with Crippen molar-refractivity contribution in [3.05, 3.63) is 112 Å². The number of aliphatic hydroxyl groups excluding tert-OH is 1. The Labute approximate surface area is 262 Å². The van der Waals surface area contributed by atoms with Crippen molar-refractivity contribution >= 4 is 28.3 Å². The van der Waals surface area contributed by atoms with Crippen LogP contribution >= 0.6 is 0 Å². The standard InChI is InChI=1S/C33H30N10O3/c1-21(37-32(45)28-29(34)39-41-14-6-13-35-31(28)41)30-38-26-10-5-7-23(27(26)33(46)43(30)24-8-3-2-4-9-24)12-11-22-17-36-42(18-22)25-19-40(20-25)15-16-44/h2-10,13-14,17-18,21,25,44H,15-16,19-20H2,1H3,(H2,34,39)(H,37,45)/t21-/m1/s1. The van der Waals surface area contributed by atoms with Gasteiger partial charge in [0.2, 0.25) is 0 Å². The number of benzene rings is 2. The number of hydrogen-bond acceptors (Lipinski definition) is 9. The number of nitrogens with one attached hydrogen (secondary N) is 1. The Kier molecular flexibility index (Phi) is 7.49. The molecule has 4 aromatic heterocycles. The van der Waals surface area contributed by atoms with Crippen molar-refractivity contribution < 1.29 is 9.90 Å². The molecular weight excluding hydrogens is 584 g/mol. The van der Waals surface area contributed by atoms with Crippen LogP contribution in [0.2, 0.25) is 0 Å². The van der Waals surface area contributed by atoms with E-state index in [1.54, 1.807) is 49.8 Å². The average molecular weight is 615 g/mol. The van der Waals surface area contributed by atoms with Crippen LogP contribution in [0.1, 0.15) is 46.3 Å². The van der Waals surface area contributed by atoms with E-state index in [9.17, 15) is 9.59 Å². The zero-order chi connectivity index (χ0) is 31.8. The number of rotatable bonds is 7. The maximum absolute atomic E-state index is 14.3. The van der Waals surface area contributed by atoms with Gasteiger partial charge in [0, 0.05) is 43.8 Å². The molecule has 6 aromatic rings. The van der Waals surface area contributed by atoms with Crippen LogP contribution in [-0.4, -0.2) is 76.1 Å². The predicted octanol–water partition coefficient (Wildman–Crippen LogP) is 1.95. The van der Waals surface area contributed by atoms with Crippen molar-refractivity contribution in [2.45, 2.75) is 19.0 Å². The third-order valence-corrected chi connectivity index (χ3v) is 7.99. The summed E-state index contributed by atoms with van der Waals surface area (Å²) in [6.07, 6.45) is 6.82. The number of β-amino-alcohol motifs (C(OH)–C–C–N with tert-alkyl or cyclic N) is 1. The smallest absolute Gasteiger partial charge is 0.267 e. The fourth-order valence-electron chi connectivity index (χ4n) is 5.70. The molecule has 0 bridgehead atoms. The minimum absolute atomic E-state index is 0.0421. The van der Waals surface area contributed by atoms with Crippen LogP contribution in [0.15, 0.2) is 84.2 Å². The van der Waals surface area contributed by atoms with Gasteiger partial charge in [-0.2, -0.15) is 5.10 Å². The number of carbonyl (C=O) groups excluding carboxylic acids is 1. The normalized spacial score (nSPS) is 14.1. The first-order valence-electron chi connectivity index (χ1n) is 14.8. The quantitative estimate of drug-likeness (QED) is 0.228. The predicted molar refractivity (Wildman–Crippen MR) is 171 cm³/mol. The lowest BCUT2D eigenvalue weighted by Gasteiger charge is -2.38. The number of nitrogens with zero attached hydrogens (tertiary/aromatic N) is 8. The van der Waals surface area contributed by atoms with Crippen molar-refractivity contribution in [2.75, 3.05) is 32.0 Å².